The topological polar surface area (TPSA) is 150 Å². The Morgan fingerprint density at radius 1 is 1.19 bits per heavy atom. The second kappa shape index (κ2) is 12.4. The molecule has 0 unspecified atom stereocenters. The molecule has 0 aliphatic carbocycles. The Morgan fingerprint density at radius 3 is 2.44 bits per heavy atom. The van der Waals surface area contributed by atoms with E-state index < -0.39 is 17.7 Å². The normalized spacial score (nSPS) is 13.8. The molecule has 0 aromatic carbocycles. The number of hydrogen-bond acceptors (Lipinski definition) is 10. The van der Waals surface area contributed by atoms with E-state index >= 15 is 0 Å². The molecule has 0 bridgehead atoms. The lowest BCUT2D eigenvalue weighted by Gasteiger charge is -2.44. The molecule has 1 amide bonds. The number of aromatic amines is 1. The Bertz CT molecular complexity index is 1660. The second-order valence-corrected chi connectivity index (χ2v) is 11.9. The van der Waals surface area contributed by atoms with Crippen molar-refractivity contribution in [3.63, 3.8) is 0 Å². The third-order valence-corrected chi connectivity index (χ3v) is 7.36. The van der Waals surface area contributed by atoms with Gasteiger partial charge in [-0.1, -0.05) is 18.5 Å². The highest BCUT2D eigenvalue weighted by molar-refractivity contribution is 7.99. The standard InChI is InChI=1S/C24H27ClN8O2S.C2HF3O2/c1-6-15-18(25)17-20(29-15)30-22(36-14-9-16-19(28-10-14)27-8-7-26-16)31-21(17)33-11-13(12-33)32(5)23(34)35-24(2,3)4;3-2(4,5)1(6)7/h7-10,13H,6,11-12H2,1-5H3,(H,29,30,31);(H,6,7). The summed E-state index contributed by atoms with van der Waals surface area (Å²) in [7, 11) is 1.76. The summed E-state index contributed by atoms with van der Waals surface area (Å²) >= 11 is 8.13. The third kappa shape index (κ3) is 7.54. The first kappa shape index (κ1) is 32.0. The number of nitrogens with zero attached hydrogens (tertiary/aromatic N) is 7. The average Bonchev–Trinajstić information content (AvgIpc) is 3.21. The predicted molar refractivity (Wildman–Crippen MR) is 153 cm³/mol. The maximum atomic E-state index is 12.5. The van der Waals surface area contributed by atoms with Crippen molar-refractivity contribution in [1.82, 2.24) is 34.8 Å². The van der Waals surface area contributed by atoms with E-state index in [9.17, 15) is 18.0 Å². The number of likely N-dealkylation sites (N-methyl/N-ethyl adjacent to an activating group) is 1. The number of carboxylic acid groups (broad SMARTS) is 1. The van der Waals surface area contributed by atoms with E-state index in [4.69, 9.17) is 36.2 Å². The molecule has 0 atom stereocenters. The minimum Gasteiger partial charge on any atom is -0.475 e. The summed E-state index contributed by atoms with van der Waals surface area (Å²) in [4.78, 5) is 51.9. The minimum atomic E-state index is -5.08. The van der Waals surface area contributed by atoms with Crippen molar-refractivity contribution < 1.29 is 32.6 Å². The fourth-order valence-corrected chi connectivity index (χ4v) is 5.06. The number of aliphatic carboxylic acids is 1. The van der Waals surface area contributed by atoms with Gasteiger partial charge >= 0.3 is 18.2 Å². The summed E-state index contributed by atoms with van der Waals surface area (Å²) in [5, 5.41) is 9.11. The molecule has 1 aliphatic rings. The van der Waals surface area contributed by atoms with Crippen LogP contribution in [0.15, 0.2) is 34.7 Å². The predicted octanol–water partition coefficient (Wildman–Crippen LogP) is 5.35. The third-order valence-electron chi connectivity index (χ3n) is 6.12. The molecule has 17 heteroatoms. The average molecular weight is 641 g/mol. The van der Waals surface area contributed by atoms with Gasteiger partial charge in [0, 0.05) is 49.3 Å². The van der Waals surface area contributed by atoms with Crippen LogP contribution in [0.4, 0.5) is 23.8 Å². The van der Waals surface area contributed by atoms with Gasteiger partial charge in [-0.05, 0) is 45.0 Å². The maximum absolute atomic E-state index is 12.5. The van der Waals surface area contributed by atoms with Gasteiger partial charge in [-0.25, -0.2) is 29.5 Å². The molecule has 12 nitrogen and oxygen atoms in total. The van der Waals surface area contributed by atoms with Gasteiger partial charge in [0.25, 0.3) is 0 Å². The lowest BCUT2D eigenvalue weighted by atomic mass is 10.1. The number of carbonyl (C=O) groups is 2. The first-order valence-electron chi connectivity index (χ1n) is 12.9. The first-order chi connectivity index (χ1) is 20.1. The van der Waals surface area contributed by atoms with Gasteiger partial charge in [-0.3, -0.25) is 4.98 Å². The van der Waals surface area contributed by atoms with E-state index in [1.807, 2.05) is 33.8 Å². The zero-order valence-electron chi connectivity index (χ0n) is 23.7. The fraction of sp³-hybridized carbons (Fsp3) is 0.423. The van der Waals surface area contributed by atoms with Crippen LogP contribution in [0.5, 0.6) is 0 Å². The van der Waals surface area contributed by atoms with Crippen molar-refractivity contribution in [3.05, 3.63) is 35.4 Å². The zero-order valence-corrected chi connectivity index (χ0v) is 25.3. The lowest BCUT2D eigenvalue weighted by Crippen LogP contribution is -2.60. The van der Waals surface area contributed by atoms with Crippen LogP contribution in [0, 0.1) is 0 Å². The fourth-order valence-electron chi connectivity index (χ4n) is 3.95. The number of pyridine rings is 1. The number of fused-ring (bicyclic) bond motifs is 2. The van der Waals surface area contributed by atoms with Gasteiger partial charge < -0.3 is 24.6 Å². The molecule has 4 aromatic rings. The van der Waals surface area contributed by atoms with Crippen LogP contribution in [-0.4, -0.2) is 89.9 Å². The summed E-state index contributed by atoms with van der Waals surface area (Å²) < 4.78 is 37.3. The molecular formula is C26H28ClF3N8O4S. The number of alkyl halides is 3. The summed E-state index contributed by atoms with van der Waals surface area (Å²) in [6, 6.07) is 1.93. The van der Waals surface area contributed by atoms with E-state index in [0.717, 1.165) is 28.2 Å². The number of H-pyrrole nitrogens is 1. The van der Waals surface area contributed by atoms with Crippen LogP contribution in [0.2, 0.25) is 5.02 Å². The number of nitrogens with one attached hydrogen (secondary N) is 1. The van der Waals surface area contributed by atoms with Gasteiger partial charge in [0.05, 0.1) is 16.5 Å². The van der Waals surface area contributed by atoms with Crippen LogP contribution >= 0.6 is 23.4 Å². The molecule has 5 rings (SSSR count). The molecule has 43 heavy (non-hydrogen) atoms. The number of aryl methyl sites for hydroxylation is 1. The Morgan fingerprint density at radius 2 is 1.84 bits per heavy atom. The molecule has 0 saturated carbocycles. The van der Waals surface area contributed by atoms with Crippen molar-refractivity contribution in [3.8, 4) is 0 Å². The van der Waals surface area contributed by atoms with Gasteiger partial charge in [0.15, 0.2) is 10.8 Å². The molecule has 0 radical (unpaired) electrons. The van der Waals surface area contributed by atoms with Crippen molar-refractivity contribution in [1.29, 1.82) is 0 Å². The van der Waals surface area contributed by atoms with Crippen LogP contribution in [0.25, 0.3) is 22.2 Å². The lowest BCUT2D eigenvalue weighted by molar-refractivity contribution is -0.192. The molecule has 1 fully saturated rings. The van der Waals surface area contributed by atoms with Crippen LogP contribution in [0.3, 0.4) is 0 Å². The zero-order chi connectivity index (χ0) is 31.7. The van der Waals surface area contributed by atoms with Crippen LogP contribution < -0.4 is 4.90 Å². The maximum Gasteiger partial charge on any atom is 0.490 e. The number of hydrogen-bond donors (Lipinski definition) is 2. The summed E-state index contributed by atoms with van der Waals surface area (Å²) in [6.45, 7) is 8.85. The van der Waals surface area contributed by atoms with Gasteiger partial charge in [0.2, 0.25) is 0 Å². The van der Waals surface area contributed by atoms with Gasteiger partial charge in [-0.15, -0.1) is 0 Å². The monoisotopic (exact) mass is 640 g/mol. The molecule has 5 heterocycles. The van der Waals surface area contributed by atoms with Crippen LogP contribution in [-0.2, 0) is 16.0 Å². The number of rotatable bonds is 5. The molecule has 1 saturated heterocycles. The van der Waals surface area contributed by atoms with Crippen molar-refractivity contribution in [2.75, 3.05) is 25.0 Å². The van der Waals surface area contributed by atoms with Gasteiger partial charge in [-0.2, -0.15) is 13.2 Å². The minimum absolute atomic E-state index is 0.00703. The van der Waals surface area contributed by atoms with Gasteiger partial charge in [0.1, 0.15) is 22.6 Å². The molecule has 0 spiro atoms. The molecule has 2 N–H and O–H groups in total. The highest BCUT2D eigenvalue weighted by atomic mass is 35.5. The van der Waals surface area contributed by atoms with Crippen molar-refractivity contribution in [2.24, 2.45) is 0 Å². The molecular weight excluding hydrogens is 613 g/mol. The highest BCUT2D eigenvalue weighted by Crippen LogP contribution is 2.38. The molecule has 1 aliphatic heterocycles. The number of aromatic nitrogens is 6. The number of amides is 1. The molecule has 4 aromatic heterocycles. The number of anilines is 1. The van der Waals surface area contributed by atoms with Crippen LogP contribution in [0.1, 0.15) is 33.4 Å². The Balaban J connectivity index is 0.000000541. The van der Waals surface area contributed by atoms with E-state index in [1.54, 1.807) is 30.5 Å². The molecule has 230 valence electrons. The van der Waals surface area contributed by atoms with E-state index in [0.29, 0.717) is 40.1 Å². The Labute approximate surface area is 253 Å². The number of carbonyl (C=O) groups excluding carboxylic acids is 1. The van der Waals surface area contributed by atoms with Crippen molar-refractivity contribution in [2.45, 2.75) is 62.0 Å². The van der Waals surface area contributed by atoms with E-state index in [2.05, 4.69) is 24.8 Å². The number of halogens is 4. The number of ether oxygens (including phenoxy) is 1. The van der Waals surface area contributed by atoms with E-state index in [-0.39, 0.29) is 12.1 Å². The SMILES string of the molecule is CCc1[nH]c2nc(Sc3cnc4nccnc4c3)nc(N3CC(N(C)C(=O)OC(C)(C)C)C3)c2c1Cl.O=C(O)C(F)(F)F. The quantitative estimate of drug-likeness (QED) is 0.272. The smallest absolute Gasteiger partial charge is 0.475 e. The van der Waals surface area contributed by atoms with E-state index in [1.165, 1.54) is 11.8 Å². The summed E-state index contributed by atoms with van der Waals surface area (Å²) in [5.74, 6) is -2.02. The Hall–Kier alpha value is -3.92. The largest absolute Gasteiger partial charge is 0.490 e. The Kier molecular flexibility index (Phi) is 9.20. The second-order valence-electron chi connectivity index (χ2n) is 10.4. The highest BCUT2D eigenvalue weighted by Gasteiger charge is 2.38. The van der Waals surface area contributed by atoms with Crippen molar-refractivity contribution >= 4 is 63.4 Å². The summed E-state index contributed by atoms with van der Waals surface area (Å²) in [6.07, 6.45) is 0.321. The summed E-state index contributed by atoms with van der Waals surface area (Å²) in [5.41, 5.74) is 2.34. The first-order valence-corrected chi connectivity index (χ1v) is 14.1. The number of carboxylic acids is 1.